The van der Waals surface area contributed by atoms with Gasteiger partial charge >= 0.3 is 0 Å². The van der Waals surface area contributed by atoms with Crippen LogP contribution in [-0.4, -0.2) is 24.6 Å². The highest BCUT2D eigenvalue weighted by Gasteiger charge is 2.31. The lowest BCUT2D eigenvalue weighted by Crippen LogP contribution is -2.25. The van der Waals surface area contributed by atoms with Gasteiger partial charge in [0.25, 0.3) is 0 Å². The molecule has 102 valence electrons. The van der Waals surface area contributed by atoms with Crippen LogP contribution in [0.25, 0.3) is 0 Å². The van der Waals surface area contributed by atoms with Crippen molar-refractivity contribution in [3.63, 3.8) is 0 Å². The molecule has 0 aromatic heterocycles. The minimum Gasteiger partial charge on any atom is -0.493 e. The number of hydrogen-bond acceptors (Lipinski definition) is 3. The Morgan fingerprint density at radius 1 is 1.26 bits per heavy atom. The lowest BCUT2D eigenvalue weighted by Gasteiger charge is -2.26. The predicted octanol–water partition coefficient (Wildman–Crippen LogP) is 3.08. The van der Waals surface area contributed by atoms with E-state index in [2.05, 4.69) is 6.07 Å². The molecule has 0 amide bonds. The van der Waals surface area contributed by atoms with Gasteiger partial charge in [-0.15, -0.1) is 0 Å². The van der Waals surface area contributed by atoms with E-state index in [1.807, 2.05) is 25.1 Å². The number of ether oxygens (including phenoxy) is 2. The number of fused-ring (bicyclic) bond motifs is 1. The smallest absolute Gasteiger partial charge is 0.162 e. The quantitative estimate of drug-likeness (QED) is 0.837. The van der Waals surface area contributed by atoms with Gasteiger partial charge in [-0.2, -0.15) is 0 Å². The maximum Gasteiger partial charge on any atom is 0.162 e. The van der Waals surface area contributed by atoms with Crippen molar-refractivity contribution in [2.75, 3.05) is 6.61 Å². The first-order valence-electron chi connectivity index (χ1n) is 7.14. The summed E-state index contributed by atoms with van der Waals surface area (Å²) >= 11 is 0. The van der Waals surface area contributed by atoms with Crippen molar-refractivity contribution in [3.8, 4) is 5.75 Å². The van der Waals surface area contributed by atoms with Crippen LogP contribution < -0.4 is 4.74 Å². The Balaban J connectivity index is 1.69. The van der Waals surface area contributed by atoms with E-state index >= 15 is 0 Å². The molecule has 3 rings (SSSR count). The highest BCUT2D eigenvalue weighted by atomic mass is 16.5. The molecule has 0 bridgehead atoms. The highest BCUT2D eigenvalue weighted by molar-refractivity contribution is 5.84. The molecule has 3 nitrogen and oxygen atoms in total. The van der Waals surface area contributed by atoms with Gasteiger partial charge in [-0.1, -0.05) is 18.2 Å². The molecule has 1 fully saturated rings. The van der Waals surface area contributed by atoms with Crippen LogP contribution in [0.1, 0.15) is 44.1 Å². The molecular formula is C16H20O3. The second kappa shape index (κ2) is 5.33. The van der Waals surface area contributed by atoms with Crippen molar-refractivity contribution >= 4 is 5.78 Å². The van der Waals surface area contributed by atoms with Crippen molar-refractivity contribution in [3.05, 3.63) is 29.8 Å². The fourth-order valence-corrected chi connectivity index (χ4v) is 3.04. The minimum atomic E-state index is -0.176. The van der Waals surface area contributed by atoms with E-state index in [9.17, 15) is 4.79 Å². The summed E-state index contributed by atoms with van der Waals surface area (Å²) in [6.45, 7) is 2.74. The molecule has 0 spiro atoms. The lowest BCUT2D eigenvalue weighted by molar-refractivity contribution is -0.130. The standard InChI is InChI=1S/C16H20O3/c1-11-6-7-16(19-11)14(17)10-12-8-9-18-15-5-3-2-4-13(12)15/h2-5,11-12,16H,6-10H2,1H3. The van der Waals surface area contributed by atoms with E-state index in [0.717, 1.165) is 25.0 Å². The molecule has 0 saturated carbocycles. The third-order valence-corrected chi connectivity index (χ3v) is 4.12. The molecule has 3 atom stereocenters. The van der Waals surface area contributed by atoms with Crippen molar-refractivity contribution in [2.45, 2.75) is 50.7 Å². The van der Waals surface area contributed by atoms with E-state index in [1.165, 1.54) is 5.56 Å². The van der Waals surface area contributed by atoms with Crippen LogP contribution >= 0.6 is 0 Å². The van der Waals surface area contributed by atoms with Gasteiger partial charge in [0.05, 0.1) is 12.7 Å². The van der Waals surface area contributed by atoms with Crippen molar-refractivity contribution in [1.29, 1.82) is 0 Å². The lowest BCUT2D eigenvalue weighted by atomic mass is 9.87. The summed E-state index contributed by atoms with van der Waals surface area (Å²) in [5.41, 5.74) is 1.17. The van der Waals surface area contributed by atoms with Crippen LogP contribution in [0.2, 0.25) is 0 Å². The molecular weight excluding hydrogens is 240 g/mol. The summed E-state index contributed by atoms with van der Waals surface area (Å²) in [6, 6.07) is 8.05. The van der Waals surface area contributed by atoms with E-state index in [4.69, 9.17) is 9.47 Å². The van der Waals surface area contributed by atoms with Crippen molar-refractivity contribution < 1.29 is 14.3 Å². The number of rotatable bonds is 3. The van der Waals surface area contributed by atoms with Crippen LogP contribution in [0.4, 0.5) is 0 Å². The topological polar surface area (TPSA) is 35.5 Å². The summed E-state index contributed by atoms with van der Waals surface area (Å²) < 4.78 is 11.3. The third-order valence-electron chi connectivity index (χ3n) is 4.12. The average molecular weight is 260 g/mol. The predicted molar refractivity (Wildman–Crippen MR) is 72.5 cm³/mol. The molecule has 1 aromatic carbocycles. The van der Waals surface area contributed by atoms with Crippen LogP contribution in [0.5, 0.6) is 5.75 Å². The van der Waals surface area contributed by atoms with Crippen LogP contribution in [0.3, 0.4) is 0 Å². The zero-order valence-corrected chi connectivity index (χ0v) is 11.3. The first kappa shape index (κ1) is 12.7. The summed E-state index contributed by atoms with van der Waals surface area (Å²) in [5, 5.41) is 0. The average Bonchev–Trinajstić information content (AvgIpc) is 2.86. The molecule has 2 aliphatic rings. The van der Waals surface area contributed by atoms with Gasteiger partial charge in [-0.05, 0) is 43.7 Å². The summed E-state index contributed by atoms with van der Waals surface area (Å²) in [4.78, 5) is 12.3. The molecule has 3 heteroatoms. The van der Waals surface area contributed by atoms with E-state index in [0.29, 0.717) is 13.0 Å². The second-order valence-corrected chi connectivity index (χ2v) is 5.56. The first-order valence-corrected chi connectivity index (χ1v) is 7.14. The Kier molecular flexibility index (Phi) is 3.56. The zero-order valence-electron chi connectivity index (χ0n) is 11.3. The molecule has 3 unspecified atom stereocenters. The number of Topliss-reactive ketones (excluding diaryl/α,β-unsaturated/α-hetero) is 1. The summed E-state index contributed by atoms with van der Waals surface area (Å²) in [5.74, 6) is 1.48. The van der Waals surface area contributed by atoms with Gasteiger partial charge in [0.15, 0.2) is 5.78 Å². The number of benzene rings is 1. The second-order valence-electron chi connectivity index (χ2n) is 5.56. The Morgan fingerprint density at radius 3 is 2.89 bits per heavy atom. The molecule has 0 aliphatic carbocycles. The first-order chi connectivity index (χ1) is 9.24. The van der Waals surface area contributed by atoms with Gasteiger partial charge in [-0.3, -0.25) is 4.79 Å². The van der Waals surface area contributed by atoms with E-state index < -0.39 is 0 Å². The van der Waals surface area contributed by atoms with Gasteiger partial charge < -0.3 is 9.47 Å². The molecule has 2 heterocycles. The Morgan fingerprint density at radius 2 is 2.11 bits per heavy atom. The van der Waals surface area contributed by atoms with Crippen LogP contribution in [0.15, 0.2) is 24.3 Å². The van der Waals surface area contributed by atoms with E-state index in [1.54, 1.807) is 0 Å². The van der Waals surface area contributed by atoms with Crippen LogP contribution in [-0.2, 0) is 9.53 Å². The van der Waals surface area contributed by atoms with Crippen LogP contribution in [0, 0.1) is 0 Å². The maximum atomic E-state index is 12.3. The highest BCUT2D eigenvalue weighted by Crippen LogP contribution is 2.36. The molecule has 1 saturated heterocycles. The number of hydrogen-bond donors (Lipinski definition) is 0. The fraction of sp³-hybridized carbons (Fsp3) is 0.562. The molecule has 0 N–H and O–H groups in total. The molecule has 19 heavy (non-hydrogen) atoms. The normalized spacial score (nSPS) is 29.6. The number of ketones is 1. The SMILES string of the molecule is CC1CCC(C(=O)CC2CCOc3ccccc32)O1. The number of carbonyl (C=O) groups is 1. The van der Waals surface area contributed by atoms with Gasteiger partial charge in [0, 0.05) is 6.42 Å². The third kappa shape index (κ3) is 2.66. The minimum absolute atomic E-state index is 0.176. The Bertz CT molecular complexity index is 469. The fourth-order valence-electron chi connectivity index (χ4n) is 3.04. The summed E-state index contributed by atoms with van der Waals surface area (Å²) in [6.07, 6.45) is 3.44. The number of carbonyl (C=O) groups excluding carboxylic acids is 1. The Hall–Kier alpha value is -1.35. The summed E-state index contributed by atoms with van der Waals surface area (Å²) in [7, 11) is 0. The maximum absolute atomic E-state index is 12.3. The van der Waals surface area contributed by atoms with Crippen molar-refractivity contribution in [1.82, 2.24) is 0 Å². The molecule has 0 radical (unpaired) electrons. The van der Waals surface area contributed by atoms with Gasteiger partial charge in [0.2, 0.25) is 0 Å². The van der Waals surface area contributed by atoms with Gasteiger partial charge in [-0.25, -0.2) is 0 Å². The van der Waals surface area contributed by atoms with E-state index in [-0.39, 0.29) is 23.9 Å². The number of para-hydroxylation sites is 1. The van der Waals surface area contributed by atoms with Crippen molar-refractivity contribution in [2.24, 2.45) is 0 Å². The zero-order chi connectivity index (χ0) is 13.2. The monoisotopic (exact) mass is 260 g/mol. The largest absolute Gasteiger partial charge is 0.493 e. The van der Waals surface area contributed by atoms with Gasteiger partial charge in [0.1, 0.15) is 11.9 Å². The molecule has 1 aromatic rings. The Labute approximate surface area is 113 Å². The molecule has 2 aliphatic heterocycles.